The van der Waals surface area contributed by atoms with Gasteiger partial charge in [0.2, 0.25) is 5.91 Å². The van der Waals surface area contributed by atoms with Crippen LogP contribution in [-0.2, 0) is 4.79 Å². The predicted molar refractivity (Wildman–Crippen MR) is 153 cm³/mol. The number of nitrogens with one attached hydrogen (secondary N) is 1. The van der Waals surface area contributed by atoms with Crippen LogP contribution in [0.15, 0.2) is 53.7 Å². The van der Waals surface area contributed by atoms with Gasteiger partial charge in [-0.2, -0.15) is 0 Å². The molecule has 2 atom stereocenters. The van der Waals surface area contributed by atoms with Gasteiger partial charge >= 0.3 is 0 Å². The first kappa shape index (κ1) is 26.6. The van der Waals surface area contributed by atoms with Gasteiger partial charge in [0.1, 0.15) is 16.5 Å². The van der Waals surface area contributed by atoms with Crippen LogP contribution in [0.1, 0.15) is 60.5 Å². The van der Waals surface area contributed by atoms with E-state index in [9.17, 15) is 9.59 Å². The normalized spacial score (nSPS) is 18.9. The van der Waals surface area contributed by atoms with Crippen LogP contribution in [0.2, 0.25) is 10.2 Å². The third-order valence-electron chi connectivity index (χ3n) is 7.97. The third-order valence-corrected chi connectivity index (χ3v) is 8.56. The molecular formula is C30H26Cl2FN5O2. The fourth-order valence-corrected chi connectivity index (χ4v) is 5.57. The fraction of sp³-hybridized carbons (Fsp3) is 0.300. The highest BCUT2D eigenvalue weighted by molar-refractivity contribution is 6.31. The van der Waals surface area contributed by atoms with E-state index in [1.165, 1.54) is 17.0 Å². The van der Waals surface area contributed by atoms with Gasteiger partial charge in [0.05, 0.1) is 17.1 Å². The van der Waals surface area contributed by atoms with Crippen LogP contribution in [0.5, 0.6) is 0 Å². The molecule has 3 heterocycles. The van der Waals surface area contributed by atoms with E-state index in [1.54, 1.807) is 30.5 Å². The number of nitrogens with zero attached hydrogens (tertiary/aromatic N) is 4. The molecule has 10 heteroatoms. The van der Waals surface area contributed by atoms with Gasteiger partial charge in [0.15, 0.2) is 5.82 Å². The lowest BCUT2D eigenvalue weighted by Gasteiger charge is -2.17. The first-order valence-corrected chi connectivity index (χ1v) is 13.8. The van der Waals surface area contributed by atoms with E-state index in [0.717, 1.165) is 36.1 Å². The number of anilines is 1. The fourth-order valence-electron chi connectivity index (χ4n) is 5.13. The second-order valence-electron chi connectivity index (χ2n) is 10.9. The molecule has 204 valence electrons. The zero-order valence-electron chi connectivity index (χ0n) is 22.1. The van der Waals surface area contributed by atoms with Crippen LogP contribution >= 0.6 is 23.2 Å². The Kier molecular flexibility index (Phi) is 6.50. The Balaban J connectivity index is 1.35. The molecule has 2 aliphatic rings. The summed E-state index contributed by atoms with van der Waals surface area (Å²) in [6.45, 7) is 5.54. The van der Waals surface area contributed by atoms with Gasteiger partial charge in [0, 0.05) is 34.5 Å². The molecule has 1 N–H and O–H groups in total. The van der Waals surface area contributed by atoms with E-state index < -0.39 is 11.2 Å². The maximum absolute atomic E-state index is 15.6. The smallest absolute Gasteiger partial charge is 0.274 e. The minimum absolute atomic E-state index is 0.0542. The van der Waals surface area contributed by atoms with Crippen LogP contribution in [0.3, 0.4) is 0 Å². The van der Waals surface area contributed by atoms with Gasteiger partial charge in [0.25, 0.3) is 5.56 Å². The Morgan fingerprint density at radius 3 is 2.60 bits per heavy atom. The molecule has 0 saturated heterocycles. The molecule has 1 amide bonds. The summed E-state index contributed by atoms with van der Waals surface area (Å²) < 4.78 is 17.1. The molecule has 0 radical (unpaired) electrons. The highest BCUT2D eigenvalue weighted by atomic mass is 35.5. The van der Waals surface area contributed by atoms with Gasteiger partial charge in [-0.3, -0.25) is 19.1 Å². The van der Waals surface area contributed by atoms with Crippen LogP contribution in [0.25, 0.3) is 16.9 Å². The number of hydrogen-bond donors (Lipinski definition) is 1. The number of pyridine rings is 2. The summed E-state index contributed by atoms with van der Waals surface area (Å²) in [4.78, 5) is 38.9. The van der Waals surface area contributed by atoms with Crippen molar-refractivity contribution in [1.29, 1.82) is 0 Å². The van der Waals surface area contributed by atoms with Gasteiger partial charge < -0.3 is 5.32 Å². The monoisotopic (exact) mass is 577 g/mol. The van der Waals surface area contributed by atoms with Crippen molar-refractivity contribution < 1.29 is 9.18 Å². The lowest BCUT2D eigenvalue weighted by molar-refractivity contribution is -0.120. The van der Waals surface area contributed by atoms with Crippen molar-refractivity contribution >= 4 is 34.8 Å². The maximum Gasteiger partial charge on any atom is 0.274 e. The molecular weight excluding hydrogens is 552 g/mol. The maximum atomic E-state index is 15.6. The quantitative estimate of drug-likeness (QED) is 0.256. The molecule has 2 fully saturated rings. The first-order chi connectivity index (χ1) is 19.1. The summed E-state index contributed by atoms with van der Waals surface area (Å²) >= 11 is 12.7. The summed E-state index contributed by atoms with van der Waals surface area (Å²) in [5.41, 5.74) is 3.42. The number of carbonyl (C=O) groups is 1. The molecule has 1 aromatic carbocycles. The molecule has 0 bridgehead atoms. The summed E-state index contributed by atoms with van der Waals surface area (Å²) in [6.07, 6.45) is 5.41. The Morgan fingerprint density at radius 2 is 1.88 bits per heavy atom. The molecule has 6 rings (SSSR count). The molecule has 7 nitrogen and oxygen atoms in total. The molecule has 40 heavy (non-hydrogen) atoms. The summed E-state index contributed by atoms with van der Waals surface area (Å²) in [5, 5.41) is 3.23. The highest BCUT2D eigenvalue weighted by Crippen LogP contribution is 2.55. The number of aromatic nitrogens is 4. The minimum Gasteiger partial charge on any atom is -0.323 e. The minimum atomic E-state index is -0.579. The lowest BCUT2D eigenvalue weighted by atomic mass is 10.0. The lowest BCUT2D eigenvalue weighted by Crippen LogP contribution is -2.23. The molecule has 2 aliphatic carbocycles. The van der Waals surface area contributed by atoms with Gasteiger partial charge in [-0.25, -0.2) is 14.4 Å². The van der Waals surface area contributed by atoms with Crippen molar-refractivity contribution in [2.45, 2.75) is 51.9 Å². The van der Waals surface area contributed by atoms with Crippen molar-refractivity contribution in [3.63, 3.8) is 0 Å². The molecule has 0 unspecified atom stereocenters. The summed E-state index contributed by atoms with van der Waals surface area (Å²) in [5.74, 6) is -0.609. The number of amides is 1. The number of halogens is 3. The number of carbonyl (C=O) groups excluding carboxylic acids is 1. The van der Waals surface area contributed by atoms with E-state index >= 15 is 4.39 Å². The van der Waals surface area contributed by atoms with Gasteiger partial charge in [-0.15, -0.1) is 0 Å². The predicted octanol–water partition coefficient (Wildman–Crippen LogP) is 6.76. The van der Waals surface area contributed by atoms with Gasteiger partial charge in [-0.1, -0.05) is 36.2 Å². The van der Waals surface area contributed by atoms with Crippen LogP contribution < -0.4 is 10.9 Å². The zero-order chi connectivity index (χ0) is 28.3. The number of benzene rings is 1. The number of aryl methyl sites for hydroxylation is 2. The third kappa shape index (κ3) is 4.69. The average Bonchev–Trinajstić information content (AvgIpc) is 3.85. The van der Waals surface area contributed by atoms with Crippen molar-refractivity contribution in [2.75, 3.05) is 5.32 Å². The van der Waals surface area contributed by atoms with E-state index in [-0.39, 0.29) is 39.6 Å². The molecule has 2 saturated carbocycles. The van der Waals surface area contributed by atoms with Gasteiger partial charge in [-0.05, 0) is 80.5 Å². The number of hydrogen-bond acceptors (Lipinski definition) is 5. The average molecular weight is 578 g/mol. The van der Waals surface area contributed by atoms with Crippen LogP contribution in [0, 0.1) is 25.1 Å². The van der Waals surface area contributed by atoms with Crippen molar-refractivity contribution in [1.82, 2.24) is 19.5 Å². The topological polar surface area (TPSA) is 89.8 Å². The SMILES string of the molecule is Cc1cnc(-c2cccc(NC(=O)C3(C)CC3)c2F)cc1-n1c(C)cc([C@H]2C[C@@H]2c2cc(Cl)ncn2)c(Cl)c1=O. The standard InChI is InChI=1S/C30H26Cl2FN5O2/c1-15-13-34-22(17-5-4-6-21(27(17)33)37-29(40)30(3)7-8-30)11-24(15)38-16(2)9-20(26(32)28(38)39)18-10-19(18)23-12-25(31)36-14-35-23/h4-6,9,11-14,18-19H,7-8,10H2,1-3H3,(H,37,40)/t18-,19-/m0/s1. The van der Waals surface area contributed by atoms with E-state index in [2.05, 4.69) is 20.3 Å². The van der Waals surface area contributed by atoms with Crippen molar-refractivity contribution in [3.8, 4) is 16.9 Å². The van der Waals surface area contributed by atoms with Crippen molar-refractivity contribution in [3.05, 3.63) is 97.8 Å². The molecule has 3 aromatic heterocycles. The molecule has 4 aromatic rings. The van der Waals surface area contributed by atoms with Crippen LogP contribution in [-0.4, -0.2) is 25.4 Å². The Hall–Kier alpha value is -3.62. The number of rotatable bonds is 6. The largest absolute Gasteiger partial charge is 0.323 e. The first-order valence-electron chi connectivity index (χ1n) is 13.0. The zero-order valence-corrected chi connectivity index (χ0v) is 23.6. The Labute approximate surface area is 240 Å². The molecule has 0 aliphatic heterocycles. The van der Waals surface area contributed by atoms with Crippen molar-refractivity contribution in [2.24, 2.45) is 5.41 Å². The highest BCUT2D eigenvalue weighted by Gasteiger charge is 2.45. The Bertz CT molecular complexity index is 1750. The van der Waals surface area contributed by atoms with E-state index in [0.29, 0.717) is 22.2 Å². The van der Waals surface area contributed by atoms with E-state index in [4.69, 9.17) is 23.2 Å². The van der Waals surface area contributed by atoms with Crippen LogP contribution in [0.4, 0.5) is 10.1 Å². The summed E-state index contributed by atoms with van der Waals surface area (Å²) in [7, 11) is 0. The Morgan fingerprint density at radius 1 is 1.10 bits per heavy atom. The second kappa shape index (κ2) is 9.78. The summed E-state index contributed by atoms with van der Waals surface area (Å²) in [6, 6.07) is 10.1. The second-order valence-corrected chi connectivity index (χ2v) is 11.7. The van der Waals surface area contributed by atoms with E-state index in [1.807, 2.05) is 26.8 Å². The molecule has 0 spiro atoms.